The van der Waals surface area contributed by atoms with Gasteiger partial charge in [-0.05, 0) is 58.1 Å². The number of aryl methyl sites for hydroxylation is 1. The number of hydrogen-bond donors (Lipinski definition) is 2. The van der Waals surface area contributed by atoms with E-state index in [1.54, 1.807) is 33.8 Å². The Morgan fingerprint density at radius 3 is 2.29 bits per heavy atom. The molecule has 3 amide bonds. The number of ether oxygens (including phenoxy) is 1. The Hall–Kier alpha value is -2.83. The molecular formula is C27H41N3O4. The van der Waals surface area contributed by atoms with Crippen LogP contribution in [0.15, 0.2) is 36.9 Å². The van der Waals surface area contributed by atoms with Crippen LogP contribution in [0.4, 0.5) is 4.79 Å². The first-order valence-electron chi connectivity index (χ1n) is 12.4. The summed E-state index contributed by atoms with van der Waals surface area (Å²) in [7, 11) is 0. The van der Waals surface area contributed by atoms with E-state index in [9.17, 15) is 14.4 Å². The highest BCUT2D eigenvalue weighted by atomic mass is 16.6. The lowest BCUT2D eigenvalue weighted by Gasteiger charge is -2.34. The minimum Gasteiger partial charge on any atom is -0.444 e. The third-order valence-electron chi connectivity index (χ3n) is 5.93. The maximum atomic E-state index is 13.6. The summed E-state index contributed by atoms with van der Waals surface area (Å²) in [6, 6.07) is 6.16. The zero-order valence-electron chi connectivity index (χ0n) is 21.4. The molecule has 0 aromatic heterocycles. The van der Waals surface area contributed by atoms with E-state index in [1.807, 2.05) is 24.3 Å². The largest absolute Gasteiger partial charge is 0.444 e. The molecule has 0 spiro atoms. The van der Waals surface area contributed by atoms with Gasteiger partial charge in [0.15, 0.2) is 0 Å². The van der Waals surface area contributed by atoms with Crippen molar-refractivity contribution < 1.29 is 19.1 Å². The maximum absolute atomic E-state index is 13.6. The lowest BCUT2D eigenvalue weighted by Crippen LogP contribution is -2.53. The Morgan fingerprint density at radius 2 is 1.76 bits per heavy atom. The van der Waals surface area contributed by atoms with Crippen LogP contribution >= 0.6 is 0 Å². The minimum absolute atomic E-state index is 0.108. The molecular weight excluding hydrogens is 430 g/mol. The number of rotatable bonds is 9. The van der Waals surface area contributed by atoms with E-state index in [0.717, 1.165) is 43.2 Å². The maximum Gasteiger partial charge on any atom is 0.408 e. The zero-order valence-corrected chi connectivity index (χ0v) is 21.4. The molecule has 0 saturated heterocycles. The highest BCUT2D eigenvalue weighted by Crippen LogP contribution is 2.25. The van der Waals surface area contributed by atoms with Crippen LogP contribution in [-0.2, 0) is 20.7 Å². The van der Waals surface area contributed by atoms with Gasteiger partial charge in [0.1, 0.15) is 17.7 Å². The summed E-state index contributed by atoms with van der Waals surface area (Å²) < 4.78 is 5.30. The molecule has 0 bridgehead atoms. The van der Waals surface area contributed by atoms with Gasteiger partial charge in [-0.15, -0.1) is 6.58 Å². The second kappa shape index (κ2) is 12.6. The number of benzene rings is 1. The molecule has 188 valence electrons. The summed E-state index contributed by atoms with van der Waals surface area (Å²) in [4.78, 5) is 40.8. The summed E-state index contributed by atoms with van der Waals surface area (Å²) in [6.45, 7) is 12.9. The van der Waals surface area contributed by atoms with Crippen LogP contribution in [0.3, 0.4) is 0 Å². The van der Waals surface area contributed by atoms with Crippen LogP contribution < -0.4 is 10.6 Å². The molecule has 1 aromatic carbocycles. The average molecular weight is 472 g/mol. The molecule has 2 N–H and O–H groups in total. The van der Waals surface area contributed by atoms with E-state index >= 15 is 0 Å². The SMILES string of the molecule is C=CCN(C(=O)C(C)NC(=O)OC(C)(C)C)C(C(=O)NC1CCCCC1)c1ccc(CC)cc1. The van der Waals surface area contributed by atoms with Crippen molar-refractivity contribution in [1.29, 1.82) is 0 Å². The molecule has 7 nitrogen and oxygen atoms in total. The van der Waals surface area contributed by atoms with Crippen LogP contribution in [0.1, 0.15) is 83.9 Å². The van der Waals surface area contributed by atoms with Crippen molar-refractivity contribution in [2.24, 2.45) is 0 Å². The Labute approximate surface area is 204 Å². The lowest BCUT2D eigenvalue weighted by molar-refractivity contribution is -0.141. The van der Waals surface area contributed by atoms with Gasteiger partial charge >= 0.3 is 6.09 Å². The topological polar surface area (TPSA) is 87.7 Å². The Kier molecular flexibility index (Phi) is 10.1. The highest BCUT2D eigenvalue weighted by Gasteiger charge is 2.35. The molecule has 1 fully saturated rings. The fraction of sp³-hybridized carbons (Fsp3) is 0.593. The van der Waals surface area contributed by atoms with Crippen molar-refractivity contribution in [3.63, 3.8) is 0 Å². The number of alkyl carbamates (subject to hydrolysis) is 1. The van der Waals surface area contributed by atoms with Gasteiger partial charge in [0, 0.05) is 12.6 Å². The number of nitrogens with zero attached hydrogens (tertiary/aromatic N) is 1. The Morgan fingerprint density at radius 1 is 1.15 bits per heavy atom. The van der Waals surface area contributed by atoms with Gasteiger partial charge in [-0.25, -0.2) is 4.79 Å². The zero-order chi connectivity index (χ0) is 25.3. The predicted octanol–water partition coefficient (Wildman–Crippen LogP) is 4.67. The van der Waals surface area contributed by atoms with Crippen LogP contribution in [0, 0.1) is 0 Å². The Balaban J connectivity index is 2.31. The van der Waals surface area contributed by atoms with Gasteiger partial charge in [0.25, 0.3) is 0 Å². The summed E-state index contributed by atoms with van der Waals surface area (Å²) in [6.07, 6.45) is 7.05. The monoisotopic (exact) mass is 471 g/mol. The highest BCUT2D eigenvalue weighted by molar-refractivity contribution is 5.92. The van der Waals surface area contributed by atoms with E-state index in [2.05, 4.69) is 24.1 Å². The molecule has 1 aliphatic carbocycles. The second-order valence-electron chi connectivity index (χ2n) is 9.99. The molecule has 2 atom stereocenters. The molecule has 2 unspecified atom stereocenters. The first-order valence-corrected chi connectivity index (χ1v) is 12.4. The lowest BCUT2D eigenvalue weighted by atomic mass is 9.94. The van der Waals surface area contributed by atoms with Crippen LogP contribution in [0.5, 0.6) is 0 Å². The smallest absolute Gasteiger partial charge is 0.408 e. The number of carbonyl (C=O) groups is 3. The Bertz CT molecular complexity index is 838. The first kappa shape index (κ1) is 27.4. The molecule has 0 aliphatic heterocycles. The summed E-state index contributed by atoms with van der Waals surface area (Å²) in [5, 5.41) is 5.77. The van der Waals surface area contributed by atoms with E-state index in [0.29, 0.717) is 0 Å². The van der Waals surface area contributed by atoms with Crippen LogP contribution in [0.25, 0.3) is 0 Å². The van der Waals surface area contributed by atoms with Crippen molar-refractivity contribution in [2.75, 3.05) is 6.54 Å². The van der Waals surface area contributed by atoms with Crippen LogP contribution in [-0.4, -0.2) is 47.0 Å². The van der Waals surface area contributed by atoms with E-state index < -0.39 is 23.8 Å². The number of amides is 3. The van der Waals surface area contributed by atoms with Gasteiger partial charge in [0.2, 0.25) is 11.8 Å². The molecule has 0 radical (unpaired) electrons. The fourth-order valence-electron chi connectivity index (χ4n) is 4.19. The van der Waals surface area contributed by atoms with Crippen molar-refractivity contribution >= 4 is 17.9 Å². The molecule has 2 rings (SSSR count). The van der Waals surface area contributed by atoms with Gasteiger partial charge in [-0.2, -0.15) is 0 Å². The number of nitrogens with one attached hydrogen (secondary N) is 2. The van der Waals surface area contributed by atoms with Gasteiger partial charge in [-0.1, -0.05) is 56.5 Å². The summed E-state index contributed by atoms with van der Waals surface area (Å²) in [5.74, 6) is -0.593. The van der Waals surface area contributed by atoms with Crippen molar-refractivity contribution in [3.8, 4) is 0 Å². The minimum atomic E-state index is -0.880. The van der Waals surface area contributed by atoms with Crippen molar-refractivity contribution in [1.82, 2.24) is 15.5 Å². The number of hydrogen-bond acceptors (Lipinski definition) is 4. The molecule has 0 heterocycles. The fourth-order valence-corrected chi connectivity index (χ4v) is 4.19. The van der Waals surface area contributed by atoms with Gasteiger partial charge in [-0.3, -0.25) is 9.59 Å². The molecule has 1 aromatic rings. The second-order valence-corrected chi connectivity index (χ2v) is 9.99. The third-order valence-corrected chi connectivity index (χ3v) is 5.93. The molecule has 1 aliphatic rings. The van der Waals surface area contributed by atoms with Gasteiger partial charge < -0.3 is 20.3 Å². The third kappa shape index (κ3) is 8.19. The normalized spacial score (nSPS) is 16.1. The predicted molar refractivity (Wildman–Crippen MR) is 134 cm³/mol. The van der Waals surface area contributed by atoms with Crippen LogP contribution in [0.2, 0.25) is 0 Å². The average Bonchev–Trinajstić information content (AvgIpc) is 2.78. The summed E-state index contributed by atoms with van der Waals surface area (Å²) >= 11 is 0. The van der Waals surface area contributed by atoms with Gasteiger partial charge in [0.05, 0.1) is 0 Å². The van der Waals surface area contributed by atoms with E-state index in [4.69, 9.17) is 4.74 Å². The van der Waals surface area contributed by atoms with Crippen molar-refractivity contribution in [3.05, 3.63) is 48.0 Å². The standard InChI is InChI=1S/C27H41N3O4/c1-7-18-30(25(32)19(3)28-26(33)34-27(4,5)6)23(21-16-14-20(8-2)15-17-21)24(31)29-22-12-10-9-11-13-22/h7,14-17,19,22-23H,1,8-13,18H2,2-6H3,(H,28,33)(H,29,31). The summed E-state index contributed by atoms with van der Waals surface area (Å²) in [5.41, 5.74) is 1.19. The molecule has 7 heteroatoms. The number of carbonyl (C=O) groups excluding carboxylic acids is 3. The van der Waals surface area contributed by atoms with E-state index in [1.165, 1.54) is 11.3 Å². The quantitative estimate of drug-likeness (QED) is 0.513. The molecule has 1 saturated carbocycles. The van der Waals surface area contributed by atoms with Crippen molar-refractivity contribution in [2.45, 2.75) is 96.9 Å². The van der Waals surface area contributed by atoms with E-state index in [-0.39, 0.29) is 24.4 Å². The molecule has 34 heavy (non-hydrogen) atoms. The first-order chi connectivity index (χ1) is 16.1.